The summed E-state index contributed by atoms with van der Waals surface area (Å²) in [6, 6.07) is 6.84. The normalized spacial score (nSPS) is 16.9. The van der Waals surface area contributed by atoms with E-state index < -0.39 is 0 Å². The number of hydrogen-bond donors (Lipinski definition) is 1. The number of halogens is 1. The lowest BCUT2D eigenvalue weighted by atomic mass is 10.0. The Balaban J connectivity index is 1.90. The van der Waals surface area contributed by atoms with Crippen molar-refractivity contribution in [1.29, 1.82) is 0 Å². The highest BCUT2D eigenvalue weighted by Gasteiger charge is 2.19. The van der Waals surface area contributed by atoms with Crippen molar-refractivity contribution in [2.75, 3.05) is 18.0 Å². The summed E-state index contributed by atoms with van der Waals surface area (Å²) in [7, 11) is 0. The quantitative estimate of drug-likeness (QED) is 0.851. The molecule has 0 unspecified atom stereocenters. The van der Waals surface area contributed by atoms with Crippen LogP contribution in [0.2, 0.25) is 0 Å². The molecule has 1 aliphatic heterocycles. The highest BCUT2D eigenvalue weighted by Crippen LogP contribution is 2.20. The number of amides is 1. The Morgan fingerprint density at radius 1 is 1.29 bits per heavy atom. The van der Waals surface area contributed by atoms with E-state index in [-0.39, 0.29) is 17.8 Å². The second kappa shape index (κ2) is 5.17. The Labute approximate surface area is 101 Å². The van der Waals surface area contributed by atoms with Crippen molar-refractivity contribution in [1.82, 2.24) is 5.32 Å². The van der Waals surface area contributed by atoms with Crippen LogP contribution in [0.1, 0.15) is 19.8 Å². The SMILES string of the molecule is CC(=O)NC1CCN(c2ccc(F)cc2)CC1. The fourth-order valence-corrected chi connectivity index (χ4v) is 2.22. The first-order valence-electron chi connectivity index (χ1n) is 5.93. The van der Waals surface area contributed by atoms with Gasteiger partial charge in [-0.3, -0.25) is 4.79 Å². The zero-order valence-corrected chi connectivity index (χ0v) is 9.95. The first kappa shape index (κ1) is 11.9. The van der Waals surface area contributed by atoms with Crippen LogP contribution in [-0.4, -0.2) is 25.0 Å². The fourth-order valence-electron chi connectivity index (χ4n) is 2.22. The van der Waals surface area contributed by atoms with Gasteiger partial charge in [-0.2, -0.15) is 0 Å². The van der Waals surface area contributed by atoms with Gasteiger partial charge in [-0.05, 0) is 37.1 Å². The van der Waals surface area contributed by atoms with Crippen LogP contribution in [0.3, 0.4) is 0 Å². The van der Waals surface area contributed by atoms with Crippen LogP contribution in [0.5, 0.6) is 0 Å². The van der Waals surface area contributed by atoms with E-state index in [1.807, 2.05) is 0 Å². The van der Waals surface area contributed by atoms with Gasteiger partial charge in [-0.25, -0.2) is 4.39 Å². The molecular weight excluding hydrogens is 219 g/mol. The first-order chi connectivity index (χ1) is 8.15. The summed E-state index contributed by atoms with van der Waals surface area (Å²) < 4.78 is 12.8. The summed E-state index contributed by atoms with van der Waals surface area (Å²) in [5.41, 5.74) is 1.05. The summed E-state index contributed by atoms with van der Waals surface area (Å²) in [6.07, 6.45) is 1.88. The minimum atomic E-state index is -0.207. The van der Waals surface area contributed by atoms with Crippen molar-refractivity contribution in [3.8, 4) is 0 Å². The number of piperidine rings is 1. The summed E-state index contributed by atoms with van der Waals surface area (Å²) in [5.74, 6) is -0.174. The molecule has 0 spiro atoms. The maximum absolute atomic E-state index is 12.8. The second-order valence-electron chi connectivity index (χ2n) is 4.44. The van der Waals surface area contributed by atoms with E-state index >= 15 is 0 Å². The van der Waals surface area contributed by atoms with E-state index in [0.717, 1.165) is 31.6 Å². The van der Waals surface area contributed by atoms with E-state index in [1.165, 1.54) is 12.1 Å². The van der Waals surface area contributed by atoms with Crippen molar-refractivity contribution in [3.63, 3.8) is 0 Å². The molecule has 92 valence electrons. The Morgan fingerprint density at radius 2 is 1.88 bits per heavy atom. The number of nitrogens with one attached hydrogen (secondary N) is 1. The van der Waals surface area contributed by atoms with Gasteiger partial charge in [0.15, 0.2) is 0 Å². The molecule has 1 amide bonds. The van der Waals surface area contributed by atoms with E-state index in [2.05, 4.69) is 10.2 Å². The molecule has 2 rings (SSSR count). The van der Waals surface area contributed by atoms with Crippen LogP contribution >= 0.6 is 0 Å². The van der Waals surface area contributed by atoms with Crippen molar-refractivity contribution in [2.24, 2.45) is 0 Å². The summed E-state index contributed by atoms with van der Waals surface area (Å²) in [6.45, 7) is 3.35. The van der Waals surface area contributed by atoms with Gasteiger partial charge in [0.05, 0.1) is 0 Å². The van der Waals surface area contributed by atoms with Gasteiger partial charge < -0.3 is 10.2 Å². The Kier molecular flexibility index (Phi) is 3.61. The van der Waals surface area contributed by atoms with Crippen LogP contribution in [-0.2, 0) is 4.79 Å². The summed E-state index contributed by atoms with van der Waals surface area (Å²) in [4.78, 5) is 13.2. The highest BCUT2D eigenvalue weighted by molar-refractivity contribution is 5.73. The number of anilines is 1. The van der Waals surface area contributed by atoms with Gasteiger partial charge >= 0.3 is 0 Å². The van der Waals surface area contributed by atoms with Gasteiger partial charge in [0, 0.05) is 31.7 Å². The molecule has 0 aromatic heterocycles. The molecule has 0 atom stereocenters. The molecule has 0 radical (unpaired) electrons. The van der Waals surface area contributed by atoms with Gasteiger partial charge in [0.25, 0.3) is 0 Å². The third-order valence-electron chi connectivity index (χ3n) is 3.09. The molecule has 0 saturated carbocycles. The maximum Gasteiger partial charge on any atom is 0.217 e. The Bertz CT molecular complexity index is 383. The molecule has 3 nitrogen and oxygen atoms in total. The summed E-state index contributed by atoms with van der Waals surface area (Å²) >= 11 is 0. The predicted octanol–water partition coefficient (Wildman–Crippen LogP) is 1.93. The molecule has 1 aromatic carbocycles. The number of hydrogen-bond acceptors (Lipinski definition) is 2. The van der Waals surface area contributed by atoms with E-state index in [4.69, 9.17) is 0 Å². The predicted molar refractivity (Wildman–Crippen MR) is 65.5 cm³/mol. The lowest BCUT2D eigenvalue weighted by Crippen LogP contribution is -2.44. The fraction of sp³-hybridized carbons (Fsp3) is 0.462. The zero-order chi connectivity index (χ0) is 12.3. The smallest absolute Gasteiger partial charge is 0.217 e. The van der Waals surface area contributed by atoms with Gasteiger partial charge in [0.1, 0.15) is 5.82 Å². The van der Waals surface area contributed by atoms with Gasteiger partial charge in [-0.15, -0.1) is 0 Å². The number of benzene rings is 1. The van der Waals surface area contributed by atoms with Crippen LogP contribution in [0.4, 0.5) is 10.1 Å². The first-order valence-corrected chi connectivity index (χ1v) is 5.93. The van der Waals surface area contributed by atoms with Crippen molar-refractivity contribution < 1.29 is 9.18 Å². The van der Waals surface area contributed by atoms with E-state index in [9.17, 15) is 9.18 Å². The lowest BCUT2D eigenvalue weighted by molar-refractivity contribution is -0.119. The molecule has 1 saturated heterocycles. The average Bonchev–Trinajstić information content (AvgIpc) is 2.30. The maximum atomic E-state index is 12.8. The van der Waals surface area contributed by atoms with Crippen molar-refractivity contribution in [3.05, 3.63) is 30.1 Å². The van der Waals surface area contributed by atoms with Gasteiger partial charge in [0.2, 0.25) is 5.91 Å². The van der Waals surface area contributed by atoms with Crippen molar-refractivity contribution >= 4 is 11.6 Å². The monoisotopic (exact) mass is 236 g/mol. The molecule has 0 bridgehead atoms. The standard InChI is InChI=1S/C13H17FN2O/c1-10(17)15-12-6-8-16(9-7-12)13-4-2-11(14)3-5-13/h2-5,12H,6-9H2,1H3,(H,15,17). The van der Waals surface area contributed by atoms with E-state index in [1.54, 1.807) is 19.1 Å². The van der Waals surface area contributed by atoms with Crippen LogP contribution in [0.15, 0.2) is 24.3 Å². The minimum Gasteiger partial charge on any atom is -0.371 e. The molecule has 0 aliphatic carbocycles. The van der Waals surface area contributed by atoms with Gasteiger partial charge in [-0.1, -0.05) is 0 Å². The lowest BCUT2D eigenvalue weighted by Gasteiger charge is -2.33. The minimum absolute atomic E-state index is 0.0326. The molecule has 1 fully saturated rings. The van der Waals surface area contributed by atoms with Crippen LogP contribution < -0.4 is 10.2 Å². The summed E-state index contributed by atoms with van der Waals surface area (Å²) in [5, 5.41) is 2.94. The largest absolute Gasteiger partial charge is 0.371 e. The molecule has 1 aromatic rings. The average molecular weight is 236 g/mol. The number of nitrogens with zero attached hydrogens (tertiary/aromatic N) is 1. The topological polar surface area (TPSA) is 32.3 Å². The number of carbonyl (C=O) groups excluding carboxylic acids is 1. The third-order valence-corrected chi connectivity index (χ3v) is 3.09. The number of rotatable bonds is 2. The molecule has 17 heavy (non-hydrogen) atoms. The molecule has 1 aliphatic rings. The third kappa shape index (κ3) is 3.19. The van der Waals surface area contributed by atoms with Crippen LogP contribution in [0, 0.1) is 5.82 Å². The molecular formula is C13H17FN2O. The van der Waals surface area contributed by atoms with E-state index in [0.29, 0.717) is 0 Å². The highest BCUT2D eigenvalue weighted by atomic mass is 19.1. The second-order valence-corrected chi connectivity index (χ2v) is 4.44. The molecule has 1 heterocycles. The Morgan fingerprint density at radius 3 is 2.41 bits per heavy atom. The zero-order valence-electron chi connectivity index (χ0n) is 9.95. The molecule has 4 heteroatoms. The number of carbonyl (C=O) groups is 1. The van der Waals surface area contributed by atoms with Crippen LogP contribution in [0.25, 0.3) is 0 Å². The Hall–Kier alpha value is -1.58. The van der Waals surface area contributed by atoms with Crippen molar-refractivity contribution in [2.45, 2.75) is 25.8 Å². The molecule has 1 N–H and O–H groups in total.